The molecule has 1 atom stereocenters. The van der Waals surface area contributed by atoms with Gasteiger partial charge in [0.05, 0.1) is 0 Å². The molecule has 1 unspecified atom stereocenters. The summed E-state index contributed by atoms with van der Waals surface area (Å²) < 4.78 is 48.4. The van der Waals surface area contributed by atoms with Crippen molar-refractivity contribution < 1.29 is 17.6 Å². The third-order valence-electron chi connectivity index (χ3n) is 2.05. The number of halogens is 4. The van der Waals surface area contributed by atoms with Gasteiger partial charge in [0.2, 0.25) is 0 Å². The van der Waals surface area contributed by atoms with Crippen LogP contribution < -0.4 is 5.32 Å². The predicted molar refractivity (Wildman–Crippen MR) is 36.6 cm³/mol. The van der Waals surface area contributed by atoms with Crippen LogP contribution in [-0.2, 0) is 0 Å². The third-order valence-corrected chi connectivity index (χ3v) is 2.05. The highest BCUT2D eigenvalue weighted by Crippen LogP contribution is 2.31. The van der Waals surface area contributed by atoms with E-state index in [0.29, 0.717) is 6.54 Å². The molecule has 1 rings (SSSR count). The smallest absolute Gasteiger partial charge is 0.313 e. The van der Waals surface area contributed by atoms with Crippen molar-refractivity contribution in [2.24, 2.45) is 0 Å². The van der Waals surface area contributed by atoms with Gasteiger partial charge >= 0.3 is 6.18 Å². The zero-order valence-corrected chi connectivity index (χ0v) is 6.55. The number of nitrogens with one attached hydrogen (secondary N) is 1. The molecular weight excluding hydrogens is 174 g/mol. The molecule has 1 N–H and O–H groups in total. The fraction of sp³-hybridized carbons (Fsp3) is 1.00. The minimum atomic E-state index is -4.23. The van der Waals surface area contributed by atoms with Crippen LogP contribution in [0.5, 0.6) is 0 Å². The van der Waals surface area contributed by atoms with Crippen molar-refractivity contribution in [1.82, 2.24) is 5.32 Å². The van der Waals surface area contributed by atoms with Crippen molar-refractivity contribution in [1.29, 1.82) is 0 Å². The third kappa shape index (κ3) is 2.97. The Kier molecular flexibility index (Phi) is 2.61. The van der Waals surface area contributed by atoms with E-state index in [4.69, 9.17) is 0 Å². The summed E-state index contributed by atoms with van der Waals surface area (Å²) in [5, 5.41) is 2.71. The average molecular weight is 185 g/mol. The topological polar surface area (TPSA) is 12.0 Å². The summed E-state index contributed by atoms with van der Waals surface area (Å²) in [6.07, 6.45) is -5.47. The van der Waals surface area contributed by atoms with Crippen molar-refractivity contribution in [2.75, 3.05) is 13.1 Å². The summed E-state index contributed by atoms with van der Waals surface area (Å²) in [6.45, 7) is 0.539. The zero-order chi connectivity index (χ0) is 9.24. The summed E-state index contributed by atoms with van der Waals surface area (Å²) >= 11 is 0. The van der Waals surface area contributed by atoms with Crippen LogP contribution in [0.15, 0.2) is 0 Å². The van der Waals surface area contributed by atoms with Crippen molar-refractivity contribution in [3.05, 3.63) is 0 Å². The van der Waals surface area contributed by atoms with E-state index >= 15 is 0 Å². The lowest BCUT2D eigenvalue weighted by Gasteiger charge is -2.18. The van der Waals surface area contributed by atoms with Crippen molar-refractivity contribution in [3.8, 4) is 0 Å². The standard InChI is InChI=1S/C7H11F4N/c8-6(3-4-12-5-6)1-2-7(9,10)11/h12H,1-5H2. The van der Waals surface area contributed by atoms with E-state index in [9.17, 15) is 17.6 Å². The molecule has 0 radical (unpaired) electrons. The second-order valence-electron chi connectivity index (χ2n) is 3.19. The van der Waals surface area contributed by atoms with Crippen LogP contribution in [0.25, 0.3) is 0 Å². The van der Waals surface area contributed by atoms with Crippen LogP contribution in [0, 0.1) is 0 Å². The van der Waals surface area contributed by atoms with Crippen molar-refractivity contribution in [2.45, 2.75) is 31.1 Å². The lowest BCUT2D eigenvalue weighted by molar-refractivity contribution is -0.141. The minimum Gasteiger partial charge on any atom is -0.313 e. The van der Waals surface area contributed by atoms with E-state index < -0.39 is 24.7 Å². The van der Waals surface area contributed by atoms with Gasteiger partial charge in [0, 0.05) is 13.0 Å². The van der Waals surface area contributed by atoms with Gasteiger partial charge in [0.25, 0.3) is 0 Å². The van der Waals surface area contributed by atoms with Crippen LogP contribution in [0.4, 0.5) is 17.6 Å². The second kappa shape index (κ2) is 3.20. The molecule has 0 aromatic carbocycles. The Morgan fingerprint density at radius 3 is 2.42 bits per heavy atom. The fourth-order valence-electron chi connectivity index (χ4n) is 1.29. The fourth-order valence-corrected chi connectivity index (χ4v) is 1.29. The lowest BCUT2D eigenvalue weighted by atomic mass is 9.99. The Labute approximate surface area is 68.1 Å². The van der Waals surface area contributed by atoms with E-state index in [2.05, 4.69) is 5.32 Å². The van der Waals surface area contributed by atoms with E-state index in [-0.39, 0.29) is 13.0 Å². The first-order valence-corrected chi connectivity index (χ1v) is 3.88. The van der Waals surface area contributed by atoms with Crippen LogP contribution in [-0.4, -0.2) is 24.9 Å². The molecule has 0 aliphatic carbocycles. The quantitative estimate of drug-likeness (QED) is 0.649. The van der Waals surface area contributed by atoms with E-state index in [0.717, 1.165) is 0 Å². The Balaban J connectivity index is 2.30. The van der Waals surface area contributed by atoms with Crippen LogP contribution in [0.3, 0.4) is 0 Å². The molecule has 72 valence electrons. The van der Waals surface area contributed by atoms with Gasteiger partial charge in [-0.3, -0.25) is 0 Å². The maximum Gasteiger partial charge on any atom is 0.389 e. The molecule has 0 aromatic heterocycles. The Morgan fingerprint density at radius 2 is 2.00 bits per heavy atom. The van der Waals surface area contributed by atoms with Crippen molar-refractivity contribution >= 4 is 0 Å². The van der Waals surface area contributed by atoms with Crippen LogP contribution in [0.2, 0.25) is 0 Å². The maximum atomic E-state index is 13.3. The predicted octanol–water partition coefficient (Wildman–Crippen LogP) is 2.03. The molecule has 0 saturated carbocycles. The van der Waals surface area contributed by atoms with Gasteiger partial charge in [-0.1, -0.05) is 0 Å². The molecule has 12 heavy (non-hydrogen) atoms. The van der Waals surface area contributed by atoms with Gasteiger partial charge in [-0.2, -0.15) is 13.2 Å². The Morgan fingerprint density at radius 1 is 1.33 bits per heavy atom. The number of hydrogen-bond acceptors (Lipinski definition) is 1. The molecule has 1 saturated heterocycles. The molecule has 1 nitrogen and oxygen atoms in total. The maximum absolute atomic E-state index is 13.3. The van der Waals surface area contributed by atoms with Crippen LogP contribution in [0.1, 0.15) is 19.3 Å². The number of rotatable bonds is 2. The summed E-state index contributed by atoms with van der Waals surface area (Å²) in [6, 6.07) is 0. The molecule has 0 amide bonds. The van der Waals surface area contributed by atoms with E-state index in [1.54, 1.807) is 0 Å². The van der Waals surface area contributed by atoms with E-state index in [1.807, 2.05) is 0 Å². The Hall–Kier alpha value is -0.320. The van der Waals surface area contributed by atoms with Crippen molar-refractivity contribution in [3.63, 3.8) is 0 Å². The molecule has 0 bridgehead atoms. The van der Waals surface area contributed by atoms with Crippen LogP contribution >= 0.6 is 0 Å². The second-order valence-corrected chi connectivity index (χ2v) is 3.19. The minimum absolute atomic E-state index is 0.0586. The van der Waals surface area contributed by atoms with Gasteiger partial charge < -0.3 is 5.32 Å². The first kappa shape index (κ1) is 9.77. The Bertz CT molecular complexity index is 148. The summed E-state index contributed by atoms with van der Waals surface area (Å²) in [5.74, 6) is 0. The van der Waals surface area contributed by atoms with Gasteiger partial charge in [-0.05, 0) is 19.4 Å². The van der Waals surface area contributed by atoms with E-state index in [1.165, 1.54) is 0 Å². The molecule has 0 aromatic rings. The van der Waals surface area contributed by atoms with Gasteiger partial charge in [-0.15, -0.1) is 0 Å². The monoisotopic (exact) mass is 185 g/mol. The highest BCUT2D eigenvalue weighted by atomic mass is 19.4. The number of hydrogen-bond donors (Lipinski definition) is 1. The SMILES string of the molecule is FC(F)(F)CCC1(F)CCNC1. The van der Waals surface area contributed by atoms with Gasteiger partial charge in [0.15, 0.2) is 0 Å². The van der Waals surface area contributed by atoms with Gasteiger partial charge in [-0.25, -0.2) is 4.39 Å². The first-order valence-electron chi connectivity index (χ1n) is 3.88. The van der Waals surface area contributed by atoms with Gasteiger partial charge in [0.1, 0.15) is 5.67 Å². The molecule has 1 aliphatic heterocycles. The number of alkyl halides is 4. The molecule has 5 heteroatoms. The molecule has 1 aliphatic rings. The highest BCUT2D eigenvalue weighted by molar-refractivity contribution is 4.88. The largest absolute Gasteiger partial charge is 0.389 e. The highest BCUT2D eigenvalue weighted by Gasteiger charge is 2.38. The summed E-state index contributed by atoms with van der Waals surface area (Å²) in [4.78, 5) is 0. The zero-order valence-electron chi connectivity index (χ0n) is 6.55. The molecule has 0 spiro atoms. The molecule has 1 heterocycles. The average Bonchev–Trinajstić information content (AvgIpc) is 2.32. The summed E-state index contributed by atoms with van der Waals surface area (Å²) in [7, 11) is 0. The molecule has 1 fully saturated rings. The normalized spacial score (nSPS) is 31.0. The first-order chi connectivity index (χ1) is 5.41. The summed E-state index contributed by atoms with van der Waals surface area (Å²) in [5.41, 5.74) is -1.63. The lowest BCUT2D eigenvalue weighted by Crippen LogP contribution is -2.28. The molecular formula is C7H11F4N.